The van der Waals surface area contributed by atoms with E-state index in [0.29, 0.717) is 35.7 Å². The lowest BCUT2D eigenvalue weighted by molar-refractivity contribution is -0.307. The van der Waals surface area contributed by atoms with Crippen LogP contribution in [0.2, 0.25) is 0 Å². The highest BCUT2D eigenvalue weighted by Gasteiger charge is 2.60. The quantitative estimate of drug-likeness (QED) is 0.336. The van der Waals surface area contributed by atoms with Crippen LogP contribution in [-0.2, 0) is 11.2 Å². The predicted molar refractivity (Wildman–Crippen MR) is 151 cm³/mol. The van der Waals surface area contributed by atoms with Gasteiger partial charge < -0.3 is 23.9 Å². The number of methoxy groups -OCH3 is 1. The van der Waals surface area contributed by atoms with Crippen LogP contribution in [0.3, 0.4) is 0 Å². The molecule has 2 aliphatic heterocycles. The van der Waals surface area contributed by atoms with Gasteiger partial charge in [0.1, 0.15) is 11.2 Å². The van der Waals surface area contributed by atoms with Gasteiger partial charge in [-0.3, -0.25) is 9.59 Å². The number of hydrogen-bond acceptors (Lipinski definition) is 5. The number of hydrogen-bond donors (Lipinski definition) is 1. The molecule has 10 heteroatoms. The third kappa shape index (κ3) is 5.44. The molecule has 0 spiro atoms. The summed E-state index contributed by atoms with van der Waals surface area (Å²) in [4.78, 5) is 30.9. The van der Waals surface area contributed by atoms with Crippen LogP contribution in [0.15, 0.2) is 35.1 Å². The molecule has 222 valence electrons. The summed E-state index contributed by atoms with van der Waals surface area (Å²) >= 11 is 0. The molecular formula is C31H38F3N3O4. The van der Waals surface area contributed by atoms with Gasteiger partial charge in [-0.15, -0.1) is 0 Å². The maximum Gasteiger partial charge on any atom is 0.400 e. The second kappa shape index (κ2) is 11.3. The molecule has 2 fully saturated rings. The number of pyridine rings is 1. The summed E-state index contributed by atoms with van der Waals surface area (Å²) in [6.45, 7) is 6.55. The number of piperidine rings is 1. The monoisotopic (exact) mass is 573 g/mol. The third-order valence-corrected chi connectivity index (χ3v) is 9.09. The van der Waals surface area contributed by atoms with Crippen molar-refractivity contribution < 1.29 is 27.4 Å². The number of benzene rings is 1. The molecule has 0 bridgehead atoms. The summed E-state index contributed by atoms with van der Waals surface area (Å²) < 4.78 is 53.6. The average Bonchev–Trinajstić information content (AvgIpc) is 3.20. The minimum Gasteiger partial charge on any atom is -0.496 e. The highest BCUT2D eigenvalue weighted by atomic mass is 19.4. The largest absolute Gasteiger partial charge is 0.496 e. The number of aromatic nitrogens is 2. The number of Topliss-reactive ketones (excluding diaryl/α,β-unsaturated/α-hetero) is 1. The highest BCUT2D eigenvalue weighted by molar-refractivity contribution is 6.09. The van der Waals surface area contributed by atoms with E-state index in [0.717, 1.165) is 29.4 Å². The second-order valence-corrected chi connectivity index (χ2v) is 11.7. The maximum atomic E-state index is 13.7. The summed E-state index contributed by atoms with van der Waals surface area (Å²) in [5, 5.41) is 0.876. The number of nitrogens with zero attached hydrogens (tertiary/aromatic N) is 2. The SMILES string of the molecule is COc1cc(C)[nH]c(=O)c1CCC(=O)c1c(C)n([C@H](C)C2CCN(CC3(C(F)(F)F)COC3)CC2)c2ccccc12. The Balaban J connectivity index is 1.33. The molecule has 7 nitrogen and oxygen atoms in total. The summed E-state index contributed by atoms with van der Waals surface area (Å²) in [5.74, 6) is 0.699. The molecule has 2 aromatic heterocycles. The van der Waals surface area contributed by atoms with Gasteiger partial charge in [0.05, 0.1) is 25.9 Å². The second-order valence-electron chi connectivity index (χ2n) is 11.7. The van der Waals surface area contributed by atoms with Gasteiger partial charge in [-0.25, -0.2) is 0 Å². The first-order chi connectivity index (χ1) is 19.5. The molecular weight excluding hydrogens is 535 g/mol. The number of rotatable bonds is 9. The summed E-state index contributed by atoms with van der Waals surface area (Å²) in [6.07, 6.45) is -2.29. The number of ether oxygens (including phenoxy) is 2. The molecule has 0 saturated carbocycles. The Hall–Kier alpha value is -3.11. The molecule has 1 aromatic carbocycles. The standard InChI is InChI=1S/C31H38F3N3O4/c1-19-15-27(40-4)24(29(39)35-19)9-10-26(38)28-21(3)37(25-8-6-5-7-23(25)28)20(2)22-11-13-36(14-12-22)16-30(17-41-18-30)31(32,33)34/h5-8,15,20,22H,9-14,16-18H2,1-4H3,(H,35,39)/t20-/m1/s1. The van der Waals surface area contributed by atoms with Crippen LogP contribution in [-0.4, -0.2) is 66.4 Å². The zero-order valence-electron chi connectivity index (χ0n) is 24.1. The number of aryl methyl sites for hydroxylation is 1. The minimum absolute atomic E-state index is 0.0175. The molecule has 2 saturated heterocycles. The first-order valence-electron chi connectivity index (χ1n) is 14.2. The lowest BCUT2D eigenvalue weighted by Gasteiger charge is -2.47. The fourth-order valence-electron chi connectivity index (χ4n) is 6.66. The van der Waals surface area contributed by atoms with E-state index in [-0.39, 0.29) is 55.9 Å². The molecule has 0 radical (unpaired) electrons. The van der Waals surface area contributed by atoms with Crippen LogP contribution in [0.1, 0.15) is 59.5 Å². The van der Waals surface area contributed by atoms with Gasteiger partial charge >= 0.3 is 6.18 Å². The number of halogens is 3. The van der Waals surface area contributed by atoms with E-state index in [1.807, 2.05) is 36.1 Å². The molecule has 1 atom stereocenters. The molecule has 41 heavy (non-hydrogen) atoms. The number of aromatic amines is 1. The fraction of sp³-hybridized carbons (Fsp3) is 0.548. The van der Waals surface area contributed by atoms with Crippen LogP contribution in [0.5, 0.6) is 5.75 Å². The van der Waals surface area contributed by atoms with E-state index in [2.05, 4.69) is 16.5 Å². The Kier molecular flexibility index (Phi) is 8.09. The van der Waals surface area contributed by atoms with E-state index in [1.54, 1.807) is 13.0 Å². The first kappa shape index (κ1) is 29.4. The Morgan fingerprint density at radius 3 is 2.49 bits per heavy atom. The Morgan fingerprint density at radius 2 is 1.88 bits per heavy atom. The van der Waals surface area contributed by atoms with Gasteiger partial charge in [-0.2, -0.15) is 13.2 Å². The van der Waals surface area contributed by atoms with E-state index < -0.39 is 11.6 Å². The molecule has 0 amide bonds. The Bertz CT molecular complexity index is 1480. The van der Waals surface area contributed by atoms with Gasteiger partial charge in [0.15, 0.2) is 5.78 Å². The third-order valence-electron chi connectivity index (χ3n) is 9.09. The van der Waals surface area contributed by atoms with Crippen molar-refractivity contribution in [1.29, 1.82) is 0 Å². The number of fused-ring (bicyclic) bond motifs is 1. The average molecular weight is 574 g/mol. The minimum atomic E-state index is -4.27. The number of H-pyrrole nitrogens is 1. The molecule has 4 heterocycles. The highest BCUT2D eigenvalue weighted by Crippen LogP contribution is 2.45. The number of carbonyl (C=O) groups is 1. The Labute approximate surface area is 237 Å². The van der Waals surface area contributed by atoms with Crippen molar-refractivity contribution in [3.63, 3.8) is 0 Å². The molecule has 0 aliphatic carbocycles. The number of ketones is 1. The van der Waals surface area contributed by atoms with E-state index in [4.69, 9.17) is 9.47 Å². The number of carbonyl (C=O) groups excluding carboxylic acids is 1. The predicted octanol–water partition coefficient (Wildman–Crippen LogP) is 5.62. The zero-order chi connectivity index (χ0) is 29.5. The van der Waals surface area contributed by atoms with Gasteiger partial charge in [0.2, 0.25) is 0 Å². The van der Waals surface area contributed by atoms with Crippen molar-refractivity contribution >= 4 is 16.7 Å². The van der Waals surface area contributed by atoms with Crippen molar-refractivity contribution in [2.75, 3.05) is 40.0 Å². The van der Waals surface area contributed by atoms with Crippen molar-refractivity contribution in [1.82, 2.24) is 14.5 Å². The van der Waals surface area contributed by atoms with Crippen molar-refractivity contribution in [2.24, 2.45) is 11.3 Å². The topological polar surface area (TPSA) is 76.6 Å². The van der Waals surface area contributed by atoms with Crippen LogP contribution in [0, 0.1) is 25.2 Å². The van der Waals surface area contributed by atoms with Gasteiger partial charge in [0, 0.05) is 46.9 Å². The summed E-state index contributed by atoms with van der Waals surface area (Å²) in [7, 11) is 1.51. The zero-order valence-corrected chi connectivity index (χ0v) is 24.1. The summed E-state index contributed by atoms with van der Waals surface area (Å²) in [6, 6.07) is 9.66. The van der Waals surface area contributed by atoms with Gasteiger partial charge in [-0.1, -0.05) is 18.2 Å². The molecule has 5 rings (SSSR count). The van der Waals surface area contributed by atoms with Crippen molar-refractivity contribution in [2.45, 2.75) is 58.7 Å². The van der Waals surface area contributed by atoms with Crippen LogP contribution >= 0.6 is 0 Å². The molecule has 1 N–H and O–H groups in total. The fourth-order valence-corrected chi connectivity index (χ4v) is 6.66. The van der Waals surface area contributed by atoms with Crippen molar-refractivity contribution in [3.8, 4) is 5.75 Å². The van der Waals surface area contributed by atoms with Crippen molar-refractivity contribution in [3.05, 3.63) is 63.2 Å². The van der Waals surface area contributed by atoms with Crippen LogP contribution in [0.25, 0.3) is 10.9 Å². The van der Waals surface area contributed by atoms with Crippen LogP contribution in [0.4, 0.5) is 13.2 Å². The molecule has 3 aromatic rings. The number of para-hydroxylation sites is 1. The lowest BCUT2D eigenvalue weighted by atomic mass is 9.82. The van der Waals surface area contributed by atoms with Gasteiger partial charge in [0.25, 0.3) is 5.56 Å². The molecule has 0 unspecified atom stereocenters. The van der Waals surface area contributed by atoms with E-state index in [9.17, 15) is 22.8 Å². The number of likely N-dealkylation sites (tertiary alicyclic amines) is 1. The lowest BCUT2D eigenvalue weighted by Crippen LogP contribution is -2.60. The first-order valence-corrected chi connectivity index (χ1v) is 14.2. The normalized spacial score (nSPS) is 18.8. The van der Waals surface area contributed by atoms with Crippen LogP contribution < -0.4 is 10.3 Å². The number of nitrogens with one attached hydrogen (secondary N) is 1. The van der Waals surface area contributed by atoms with E-state index >= 15 is 0 Å². The smallest absolute Gasteiger partial charge is 0.400 e. The maximum absolute atomic E-state index is 13.7. The molecule has 2 aliphatic rings. The van der Waals surface area contributed by atoms with Gasteiger partial charge in [-0.05, 0) is 71.2 Å². The van der Waals surface area contributed by atoms with E-state index in [1.165, 1.54) is 7.11 Å². The number of alkyl halides is 3. The summed E-state index contributed by atoms with van der Waals surface area (Å²) in [5.41, 5.74) is 1.65. The Morgan fingerprint density at radius 1 is 1.20 bits per heavy atom.